The van der Waals surface area contributed by atoms with Crippen LogP contribution in [0.3, 0.4) is 0 Å². The van der Waals surface area contributed by atoms with E-state index in [4.69, 9.17) is 23.8 Å². The van der Waals surface area contributed by atoms with E-state index >= 15 is 0 Å². The van der Waals surface area contributed by atoms with Crippen LogP contribution in [0.1, 0.15) is 0 Å². The zero-order valence-electron chi connectivity index (χ0n) is 31.1. The number of nitrogens with zero attached hydrogens (tertiary/aromatic N) is 3. The van der Waals surface area contributed by atoms with Crippen LogP contribution in [0.2, 0.25) is 0 Å². The van der Waals surface area contributed by atoms with Gasteiger partial charge in [-0.3, -0.25) is 0 Å². The fourth-order valence-electron chi connectivity index (χ4n) is 8.38. The maximum atomic E-state index is 6.58. The number of benzene rings is 9. The minimum Gasteiger partial charge on any atom is -0.456 e. The lowest BCUT2D eigenvalue weighted by Gasteiger charge is -2.12. The Kier molecular flexibility index (Phi) is 7.16. The van der Waals surface area contributed by atoms with Gasteiger partial charge in [0.1, 0.15) is 22.3 Å². The van der Waals surface area contributed by atoms with Crippen molar-refractivity contribution in [2.45, 2.75) is 0 Å². The lowest BCUT2D eigenvalue weighted by Crippen LogP contribution is -2.01. The lowest BCUT2D eigenvalue weighted by atomic mass is 9.96. The summed E-state index contributed by atoms with van der Waals surface area (Å²) in [5.41, 5.74) is 10.3. The van der Waals surface area contributed by atoms with Gasteiger partial charge in [-0.1, -0.05) is 133 Å². The molecule has 5 nitrogen and oxygen atoms in total. The highest BCUT2D eigenvalue weighted by Crippen LogP contribution is 2.41. The monoisotopic (exact) mass is 741 g/mol. The molecule has 0 aliphatic carbocycles. The Morgan fingerprint density at radius 1 is 0.276 bits per heavy atom. The molecule has 12 rings (SSSR count). The van der Waals surface area contributed by atoms with E-state index in [2.05, 4.69) is 140 Å². The SMILES string of the molecule is c1ccc(-c2ccc3cc(-c4nc(-c5ccc6c(c5)oc5ccccc56)nc(-c5cc(-c6ccc7ccccc7c6)cc6oc7ccccc7c56)n4)ccc3c2)cc1. The van der Waals surface area contributed by atoms with Crippen LogP contribution >= 0.6 is 0 Å². The van der Waals surface area contributed by atoms with Crippen molar-refractivity contribution in [2.75, 3.05) is 0 Å². The number of furan rings is 2. The van der Waals surface area contributed by atoms with Crippen LogP contribution < -0.4 is 0 Å². The predicted octanol–water partition coefficient (Wildman–Crippen LogP) is 14.3. The molecule has 5 heteroatoms. The number of fused-ring (bicyclic) bond motifs is 8. The van der Waals surface area contributed by atoms with Gasteiger partial charge in [-0.15, -0.1) is 0 Å². The molecule has 3 heterocycles. The van der Waals surface area contributed by atoms with Gasteiger partial charge in [-0.2, -0.15) is 0 Å². The van der Waals surface area contributed by atoms with Gasteiger partial charge >= 0.3 is 0 Å². The third kappa shape index (κ3) is 5.36. The molecule has 0 amide bonds. The molecule has 58 heavy (non-hydrogen) atoms. The summed E-state index contributed by atoms with van der Waals surface area (Å²) >= 11 is 0. The Morgan fingerprint density at radius 3 is 1.57 bits per heavy atom. The first-order valence-electron chi connectivity index (χ1n) is 19.4. The highest BCUT2D eigenvalue weighted by atomic mass is 16.3. The molecule has 270 valence electrons. The first kappa shape index (κ1) is 32.4. The number of rotatable bonds is 5. The van der Waals surface area contributed by atoms with Crippen molar-refractivity contribution in [3.05, 3.63) is 188 Å². The molecule has 12 aromatic rings. The van der Waals surface area contributed by atoms with E-state index in [9.17, 15) is 0 Å². The van der Waals surface area contributed by atoms with Gasteiger partial charge in [0, 0.05) is 38.2 Å². The van der Waals surface area contributed by atoms with Crippen LogP contribution in [0.25, 0.3) is 122 Å². The van der Waals surface area contributed by atoms with E-state index in [1.165, 1.54) is 21.9 Å². The van der Waals surface area contributed by atoms with Crippen LogP contribution in [0, 0.1) is 0 Å². The highest BCUT2D eigenvalue weighted by Gasteiger charge is 2.21. The number of para-hydroxylation sites is 2. The van der Waals surface area contributed by atoms with Crippen molar-refractivity contribution >= 4 is 65.4 Å². The van der Waals surface area contributed by atoms with Crippen LogP contribution in [0.4, 0.5) is 0 Å². The molecule has 0 radical (unpaired) electrons. The Balaban J connectivity index is 1.09. The Bertz CT molecular complexity index is 3580. The molecule has 0 bridgehead atoms. The van der Waals surface area contributed by atoms with Gasteiger partial charge in [-0.05, 0) is 98.4 Å². The average molecular weight is 742 g/mol. The molecular weight excluding hydrogens is 711 g/mol. The smallest absolute Gasteiger partial charge is 0.164 e. The lowest BCUT2D eigenvalue weighted by molar-refractivity contribution is 0.668. The van der Waals surface area contributed by atoms with Crippen LogP contribution in [0.15, 0.2) is 197 Å². The normalized spacial score (nSPS) is 11.8. The average Bonchev–Trinajstić information content (AvgIpc) is 3.86. The minimum atomic E-state index is 0.555. The van der Waals surface area contributed by atoms with Crippen LogP contribution in [-0.2, 0) is 0 Å². The van der Waals surface area contributed by atoms with Gasteiger partial charge in [-0.25, -0.2) is 15.0 Å². The summed E-state index contributed by atoms with van der Waals surface area (Å²) in [4.78, 5) is 15.8. The standard InChI is InChI=1S/C53H31N3O2/c1-2-10-32(11-3-1)35-20-21-37-28-39(23-22-36(37)27-35)51-54-52(40-24-25-43-42-14-6-8-16-46(42)57-48(43)30-40)56-53(55-51)45-29-41(38-19-18-33-12-4-5-13-34(33)26-38)31-49-50(45)44-15-7-9-17-47(44)58-49/h1-31H. The third-order valence-electron chi connectivity index (χ3n) is 11.3. The summed E-state index contributed by atoms with van der Waals surface area (Å²) in [7, 11) is 0. The molecule has 0 atom stereocenters. The second-order valence-electron chi connectivity index (χ2n) is 14.8. The second-order valence-corrected chi connectivity index (χ2v) is 14.8. The second kappa shape index (κ2) is 12.8. The fourth-order valence-corrected chi connectivity index (χ4v) is 8.38. The maximum absolute atomic E-state index is 6.58. The summed E-state index contributed by atoms with van der Waals surface area (Å²) in [6.45, 7) is 0. The molecule has 0 fully saturated rings. The van der Waals surface area contributed by atoms with Crippen molar-refractivity contribution in [3.63, 3.8) is 0 Å². The van der Waals surface area contributed by atoms with Gasteiger partial charge in [0.05, 0.1) is 0 Å². The van der Waals surface area contributed by atoms with E-state index in [-0.39, 0.29) is 0 Å². The molecular formula is C53H31N3O2. The van der Waals surface area contributed by atoms with Crippen molar-refractivity contribution < 1.29 is 8.83 Å². The maximum Gasteiger partial charge on any atom is 0.164 e. The first-order valence-corrected chi connectivity index (χ1v) is 19.4. The van der Waals surface area contributed by atoms with Gasteiger partial charge in [0.15, 0.2) is 17.5 Å². The molecule has 3 aromatic heterocycles. The summed E-state index contributed by atoms with van der Waals surface area (Å²) in [6, 6.07) is 65.3. The van der Waals surface area contributed by atoms with Crippen molar-refractivity contribution in [1.29, 1.82) is 0 Å². The number of hydrogen-bond acceptors (Lipinski definition) is 5. The molecule has 0 spiro atoms. The summed E-state index contributed by atoms with van der Waals surface area (Å²) in [5, 5.41) is 8.70. The Morgan fingerprint density at radius 2 is 0.776 bits per heavy atom. The van der Waals surface area contributed by atoms with Crippen LogP contribution in [-0.4, -0.2) is 15.0 Å². The van der Waals surface area contributed by atoms with Gasteiger partial charge in [0.2, 0.25) is 0 Å². The topological polar surface area (TPSA) is 65.0 Å². The minimum absolute atomic E-state index is 0.555. The first-order chi connectivity index (χ1) is 28.7. The van der Waals surface area contributed by atoms with Gasteiger partial charge < -0.3 is 8.83 Å². The largest absolute Gasteiger partial charge is 0.456 e. The van der Waals surface area contributed by atoms with E-state index < -0.39 is 0 Å². The zero-order valence-corrected chi connectivity index (χ0v) is 31.1. The quantitative estimate of drug-likeness (QED) is 0.176. The van der Waals surface area contributed by atoms with E-state index in [1.54, 1.807) is 0 Å². The third-order valence-corrected chi connectivity index (χ3v) is 11.3. The number of hydrogen-bond donors (Lipinski definition) is 0. The summed E-state index contributed by atoms with van der Waals surface area (Å²) < 4.78 is 12.9. The van der Waals surface area contributed by atoms with Crippen molar-refractivity contribution in [3.8, 4) is 56.4 Å². The molecule has 0 saturated carbocycles. The van der Waals surface area contributed by atoms with E-state index in [0.717, 1.165) is 82.5 Å². The van der Waals surface area contributed by atoms with E-state index in [1.807, 2.05) is 48.5 Å². The Hall–Kier alpha value is -7.89. The summed E-state index contributed by atoms with van der Waals surface area (Å²) in [5.74, 6) is 1.69. The molecule has 0 saturated heterocycles. The van der Waals surface area contributed by atoms with Crippen molar-refractivity contribution in [2.24, 2.45) is 0 Å². The number of aromatic nitrogens is 3. The fraction of sp³-hybridized carbons (Fsp3) is 0. The molecule has 9 aromatic carbocycles. The molecule has 0 N–H and O–H groups in total. The Labute approximate surface area is 332 Å². The predicted molar refractivity (Wildman–Crippen MR) is 237 cm³/mol. The van der Waals surface area contributed by atoms with Gasteiger partial charge in [0.25, 0.3) is 0 Å². The molecule has 0 aliphatic rings. The molecule has 0 aliphatic heterocycles. The molecule has 0 unspecified atom stereocenters. The summed E-state index contributed by atoms with van der Waals surface area (Å²) in [6.07, 6.45) is 0. The zero-order chi connectivity index (χ0) is 38.2. The van der Waals surface area contributed by atoms with E-state index in [0.29, 0.717) is 17.5 Å². The highest BCUT2D eigenvalue weighted by molar-refractivity contribution is 6.13. The van der Waals surface area contributed by atoms with Crippen LogP contribution in [0.5, 0.6) is 0 Å². The van der Waals surface area contributed by atoms with Crippen molar-refractivity contribution in [1.82, 2.24) is 15.0 Å².